The fourth-order valence-electron chi connectivity index (χ4n) is 1.50. The second-order valence-corrected chi connectivity index (χ2v) is 4.78. The molecule has 0 aliphatic carbocycles. The van der Waals surface area contributed by atoms with Crippen molar-refractivity contribution >= 4 is 22.4 Å². The van der Waals surface area contributed by atoms with Gasteiger partial charge in [0, 0.05) is 5.38 Å². The first-order chi connectivity index (χ1) is 7.61. The highest BCUT2D eigenvalue weighted by Crippen LogP contribution is 2.19. The Hall–Kier alpha value is -1.14. The van der Waals surface area contributed by atoms with Crippen LogP contribution in [0.4, 0.5) is 5.13 Å². The molecule has 16 heavy (non-hydrogen) atoms. The van der Waals surface area contributed by atoms with Gasteiger partial charge >= 0.3 is 0 Å². The zero-order chi connectivity index (χ0) is 12.0. The maximum Gasteiger partial charge on any atom is 0.192 e. The molecular formula is C10H19N5S. The minimum Gasteiger partial charge on any atom is -0.370 e. The Kier molecular flexibility index (Phi) is 5.21. The number of hydrogen-bond acceptors (Lipinski definition) is 4. The van der Waals surface area contributed by atoms with Crippen LogP contribution >= 0.6 is 11.3 Å². The van der Waals surface area contributed by atoms with E-state index in [1.807, 2.05) is 5.38 Å². The summed E-state index contributed by atoms with van der Waals surface area (Å²) in [6.07, 6.45) is 3.14. The summed E-state index contributed by atoms with van der Waals surface area (Å²) < 4.78 is 0. The molecule has 0 radical (unpaired) electrons. The smallest absolute Gasteiger partial charge is 0.192 e. The number of nitrogens with two attached hydrogens (primary N) is 2. The van der Waals surface area contributed by atoms with Crippen molar-refractivity contribution in [3.8, 4) is 0 Å². The van der Waals surface area contributed by atoms with Crippen molar-refractivity contribution in [3.63, 3.8) is 0 Å². The summed E-state index contributed by atoms with van der Waals surface area (Å²) in [5, 5.41) is 12.5. The van der Waals surface area contributed by atoms with Crippen LogP contribution in [0, 0.1) is 11.3 Å². The van der Waals surface area contributed by atoms with Gasteiger partial charge in [0.2, 0.25) is 0 Å². The highest BCUT2D eigenvalue weighted by atomic mass is 32.1. The SMILES string of the molecule is CC(CCCN)Cc1csc(NC(=N)N)n1. The van der Waals surface area contributed by atoms with E-state index in [1.54, 1.807) is 0 Å². The minimum absolute atomic E-state index is 0.0721. The van der Waals surface area contributed by atoms with Gasteiger partial charge in [-0.25, -0.2) is 4.98 Å². The van der Waals surface area contributed by atoms with Crippen molar-refractivity contribution in [2.24, 2.45) is 17.4 Å². The molecule has 1 aromatic rings. The lowest BCUT2D eigenvalue weighted by Gasteiger charge is -2.07. The number of thiazole rings is 1. The molecule has 1 atom stereocenters. The molecule has 90 valence electrons. The molecule has 6 heteroatoms. The van der Waals surface area contributed by atoms with E-state index in [-0.39, 0.29) is 5.96 Å². The number of anilines is 1. The molecule has 0 aromatic carbocycles. The quantitative estimate of drug-likeness (QED) is 0.446. The van der Waals surface area contributed by atoms with Crippen molar-refractivity contribution in [1.82, 2.24) is 4.98 Å². The van der Waals surface area contributed by atoms with E-state index in [9.17, 15) is 0 Å². The van der Waals surface area contributed by atoms with Crippen molar-refractivity contribution < 1.29 is 0 Å². The van der Waals surface area contributed by atoms with Crippen molar-refractivity contribution in [1.29, 1.82) is 5.41 Å². The van der Waals surface area contributed by atoms with Gasteiger partial charge in [0.1, 0.15) is 0 Å². The normalized spacial score (nSPS) is 12.4. The number of nitrogens with zero attached hydrogens (tertiary/aromatic N) is 1. The summed E-state index contributed by atoms with van der Waals surface area (Å²) >= 11 is 1.48. The van der Waals surface area contributed by atoms with E-state index in [0.29, 0.717) is 11.0 Å². The Morgan fingerprint density at radius 2 is 2.44 bits per heavy atom. The van der Waals surface area contributed by atoms with Crippen molar-refractivity contribution in [3.05, 3.63) is 11.1 Å². The second-order valence-electron chi connectivity index (χ2n) is 3.92. The standard InChI is InChI=1S/C10H19N5S/c1-7(3-2-4-11)5-8-6-16-10(14-8)15-9(12)13/h6-7H,2-5,11H2,1H3,(H4,12,13,14,15). The van der Waals surface area contributed by atoms with Crippen LogP contribution in [0.1, 0.15) is 25.5 Å². The highest BCUT2D eigenvalue weighted by molar-refractivity contribution is 7.13. The van der Waals surface area contributed by atoms with E-state index in [0.717, 1.165) is 31.5 Å². The minimum atomic E-state index is -0.0721. The molecule has 1 aromatic heterocycles. The van der Waals surface area contributed by atoms with Crippen LogP contribution in [0.2, 0.25) is 0 Å². The van der Waals surface area contributed by atoms with Crippen LogP contribution in [0.15, 0.2) is 5.38 Å². The largest absolute Gasteiger partial charge is 0.370 e. The van der Waals surface area contributed by atoms with Gasteiger partial charge in [0.15, 0.2) is 11.1 Å². The van der Waals surface area contributed by atoms with E-state index in [4.69, 9.17) is 16.9 Å². The average molecular weight is 241 g/mol. The number of guanidine groups is 1. The molecule has 0 aliphatic rings. The van der Waals surface area contributed by atoms with Crippen molar-refractivity contribution in [2.45, 2.75) is 26.2 Å². The van der Waals surface area contributed by atoms with Crippen LogP contribution < -0.4 is 16.8 Å². The Bertz CT molecular complexity index is 336. The van der Waals surface area contributed by atoms with E-state index < -0.39 is 0 Å². The molecule has 0 bridgehead atoms. The van der Waals surface area contributed by atoms with Gasteiger partial charge in [-0.15, -0.1) is 11.3 Å². The summed E-state index contributed by atoms with van der Waals surface area (Å²) in [6, 6.07) is 0. The van der Waals surface area contributed by atoms with Crippen molar-refractivity contribution in [2.75, 3.05) is 11.9 Å². The summed E-state index contributed by atoms with van der Waals surface area (Å²) in [5.74, 6) is 0.521. The Morgan fingerprint density at radius 1 is 1.69 bits per heavy atom. The second kappa shape index (κ2) is 6.44. The lowest BCUT2D eigenvalue weighted by molar-refractivity contribution is 0.508. The number of nitrogens with one attached hydrogen (secondary N) is 2. The molecular weight excluding hydrogens is 222 g/mol. The Balaban J connectivity index is 2.42. The van der Waals surface area contributed by atoms with Crippen LogP contribution in [-0.2, 0) is 6.42 Å². The van der Waals surface area contributed by atoms with Gasteiger partial charge in [0.25, 0.3) is 0 Å². The van der Waals surface area contributed by atoms with Gasteiger partial charge in [0.05, 0.1) is 5.69 Å². The lowest BCUT2D eigenvalue weighted by atomic mass is 10.0. The molecule has 0 saturated carbocycles. The van der Waals surface area contributed by atoms with Crippen LogP contribution in [-0.4, -0.2) is 17.5 Å². The maximum absolute atomic E-state index is 7.09. The van der Waals surface area contributed by atoms with Gasteiger partial charge < -0.3 is 16.8 Å². The molecule has 1 heterocycles. The van der Waals surface area contributed by atoms with E-state index in [2.05, 4.69) is 17.2 Å². The first-order valence-corrected chi connectivity index (χ1v) is 6.25. The summed E-state index contributed by atoms with van der Waals surface area (Å²) in [5.41, 5.74) is 11.7. The summed E-state index contributed by atoms with van der Waals surface area (Å²) in [6.45, 7) is 2.95. The zero-order valence-electron chi connectivity index (χ0n) is 9.49. The molecule has 0 amide bonds. The predicted molar refractivity (Wildman–Crippen MR) is 68.8 cm³/mol. The van der Waals surface area contributed by atoms with Gasteiger partial charge in [-0.1, -0.05) is 6.92 Å². The number of aromatic nitrogens is 1. The average Bonchev–Trinajstić information content (AvgIpc) is 2.61. The van der Waals surface area contributed by atoms with Gasteiger partial charge in [-0.05, 0) is 31.7 Å². The third kappa shape index (κ3) is 4.59. The summed E-state index contributed by atoms with van der Waals surface area (Å²) in [4.78, 5) is 4.35. The molecule has 0 spiro atoms. The third-order valence-electron chi connectivity index (χ3n) is 2.25. The zero-order valence-corrected chi connectivity index (χ0v) is 10.3. The maximum atomic E-state index is 7.09. The van der Waals surface area contributed by atoms with Crippen LogP contribution in [0.25, 0.3) is 0 Å². The van der Waals surface area contributed by atoms with E-state index in [1.165, 1.54) is 11.3 Å². The molecule has 1 unspecified atom stereocenters. The molecule has 0 fully saturated rings. The fraction of sp³-hybridized carbons (Fsp3) is 0.600. The van der Waals surface area contributed by atoms with E-state index >= 15 is 0 Å². The monoisotopic (exact) mass is 241 g/mol. The number of rotatable bonds is 6. The van der Waals surface area contributed by atoms with Crippen LogP contribution in [0.3, 0.4) is 0 Å². The fourth-order valence-corrected chi connectivity index (χ4v) is 2.23. The topological polar surface area (TPSA) is 101 Å². The van der Waals surface area contributed by atoms with Crippen LogP contribution in [0.5, 0.6) is 0 Å². The predicted octanol–water partition coefficient (Wildman–Crippen LogP) is 1.37. The first kappa shape index (κ1) is 12.9. The molecule has 0 saturated heterocycles. The molecule has 6 N–H and O–H groups in total. The van der Waals surface area contributed by atoms with Gasteiger partial charge in [-0.2, -0.15) is 0 Å². The Morgan fingerprint density at radius 3 is 3.06 bits per heavy atom. The molecule has 0 aliphatic heterocycles. The third-order valence-corrected chi connectivity index (χ3v) is 3.06. The number of hydrogen-bond donors (Lipinski definition) is 4. The summed E-state index contributed by atoms with van der Waals surface area (Å²) in [7, 11) is 0. The lowest BCUT2D eigenvalue weighted by Crippen LogP contribution is -2.20. The highest BCUT2D eigenvalue weighted by Gasteiger charge is 2.07. The molecule has 5 nitrogen and oxygen atoms in total. The Labute approximate surface area is 99.8 Å². The first-order valence-electron chi connectivity index (χ1n) is 5.37. The molecule has 1 rings (SSSR count). The van der Waals surface area contributed by atoms with Gasteiger partial charge in [-0.3, -0.25) is 5.41 Å².